The van der Waals surface area contributed by atoms with Crippen LogP contribution in [0.25, 0.3) is 11.3 Å². The van der Waals surface area contributed by atoms with E-state index in [1.165, 1.54) is 0 Å². The Morgan fingerprint density at radius 2 is 1.92 bits per heavy atom. The van der Waals surface area contributed by atoms with E-state index in [0.717, 1.165) is 16.9 Å². The van der Waals surface area contributed by atoms with Crippen LogP contribution in [0.15, 0.2) is 35.1 Å². The van der Waals surface area contributed by atoms with Crippen molar-refractivity contribution >= 4 is 5.69 Å². The molecule has 1 heterocycles. The number of benzene rings is 1. The average Bonchev–Trinajstić information content (AvgIpc) is 2.58. The molecule has 2 N–H and O–H groups in total. The third kappa shape index (κ3) is 1.14. The van der Waals surface area contributed by atoms with E-state index in [1.807, 2.05) is 24.3 Å². The molecule has 4 nitrogen and oxygen atoms in total. The van der Waals surface area contributed by atoms with E-state index < -0.39 is 0 Å². The molecule has 0 aliphatic carbocycles. The van der Waals surface area contributed by atoms with Gasteiger partial charge in [0.2, 0.25) is 0 Å². The second-order valence-electron chi connectivity index (χ2n) is 2.41. The largest absolute Gasteiger partial charge is 0.399 e. The third-order valence-corrected chi connectivity index (χ3v) is 1.57. The number of nitrogens with two attached hydrogens (primary N) is 1. The first-order valence-corrected chi connectivity index (χ1v) is 3.50. The maximum absolute atomic E-state index is 5.52. The quantitative estimate of drug-likeness (QED) is 0.640. The Labute approximate surface area is 69.0 Å². The summed E-state index contributed by atoms with van der Waals surface area (Å²) in [5.74, 6) is 0. The first-order chi connectivity index (χ1) is 5.86. The van der Waals surface area contributed by atoms with Crippen LogP contribution in [0.3, 0.4) is 0 Å². The molecule has 1 aromatic carbocycles. The van der Waals surface area contributed by atoms with Gasteiger partial charge in [0.1, 0.15) is 5.69 Å². The molecule has 4 heteroatoms. The lowest BCUT2D eigenvalue weighted by Crippen LogP contribution is -1.83. The molecule has 1 aromatic heterocycles. The van der Waals surface area contributed by atoms with Crippen molar-refractivity contribution < 1.29 is 4.63 Å². The Kier molecular flexibility index (Phi) is 1.51. The zero-order chi connectivity index (χ0) is 8.39. The summed E-state index contributed by atoms with van der Waals surface area (Å²) in [6.45, 7) is 0. The van der Waals surface area contributed by atoms with Crippen molar-refractivity contribution in [2.75, 3.05) is 5.73 Å². The van der Waals surface area contributed by atoms with Crippen LogP contribution in [0.4, 0.5) is 5.69 Å². The molecule has 2 rings (SSSR count). The highest BCUT2D eigenvalue weighted by atomic mass is 16.6. The van der Waals surface area contributed by atoms with Gasteiger partial charge in [-0.1, -0.05) is 17.3 Å². The average molecular weight is 161 g/mol. The number of hydrogen-bond acceptors (Lipinski definition) is 4. The van der Waals surface area contributed by atoms with E-state index in [2.05, 4.69) is 14.9 Å². The number of nitrogen functional groups attached to an aromatic ring is 1. The van der Waals surface area contributed by atoms with Gasteiger partial charge < -0.3 is 5.73 Å². The van der Waals surface area contributed by atoms with Gasteiger partial charge in [0.25, 0.3) is 0 Å². The van der Waals surface area contributed by atoms with E-state index >= 15 is 0 Å². The summed E-state index contributed by atoms with van der Waals surface area (Å²) in [6, 6.07) is 7.36. The Balaban J connectivity index is 2.43. The summed E-state index contributed by atoms with van der Waals surface area (Å²) >= 11 is 0. The van der Waals surface area contributed by atoms with E-state index in [9.17, 15) is 0 Å². The zero-order valence-corrected chi connectivity index (χ0v) is 6.27. The maximum atomic E-state index is 5.52. The molecular formula is C8H7N3O. The second-order valence-corrected chi connectivity index (χ2v) is 2.41. The molecule has 0 aliphatic heterocycles. The van der Waals surface area contributed by atoms with Crippen molar-refractivity contribution in [3.8, 4) is 11.3 Å². The van der Waals surface area contributed by atoms with Crippen LogP contribution in [0.5, 0.6) is 0 Å². The first kappa shape index (κ1) is 6.84. The van der Waals surface area contributed by atoms with Gasteiger partial charge in [-0.25, -0.2) is 4.63 Å². The van der Waals surface area contributed by atoms with Crippen molar-refractivity contribution in [1.82, 2.24) is 10.3 Å². The summed E-state index contributed by atoms with van der Waals surface area (Å²) in [7, 11) is 0. The predicted octanol–water partition coefficient (Wildman–Crippen LogP) is 1.32. The van der Waals surface area contributed by atoms with Gasteiger partial charge in [-0.15, -0.1) is 0 Å². The Bertz CT molecular complexity index is 352. The Morgan fingerprint density at radius 3 is 2.50 bits per heavy atom. The smallest absolute Gasteiger partial charge is 0.135 e. The zero-order valence-electron chi connectivity index (χ0n) is 6.27. The van der Waals surface area contributed by atoms with Crippen molar-refractivity contribution in [3.05, 3.63) is 30.5 Å². The fourth-order valence-corrected chi connectivity index (χ4v) is 0.946. The molecule has 2 aromatic rings. The lowest BCUT2D eigenvalue weighted by Gasteiger charge is -1.94. The van der Waals surface area contributed by atoms with Crippen molar-refractivity contribution in [1.29, 1.82) is 0 Å². The second kappa shape index (κ2) is 2.65. The molecule has 0 fully saturated rings. The summed E-state index contributed by atoms with van der Waals surface area (Å²) in [5.41, 5.74) is 7.92. The highest BCUT2D eigenvalue weighted by Crippen LogP contribution is 2.16. The van der Waals surface area contributed by atoms with E-state index in [-0.39, 0.29) is 0 Å². The summed E-state index contributed by atoms with van der Waals surface area (Å²) < 4.78 is 4.47. The van der Waals surface area contributed by atoms with Crippen LogP contribution in [-0.2, 0) is 0 Å². The molecule has 0 spiro atoms. The molecular weight excluding hydrogens is 154 g/mol. The molecule has 60 valence electrons. The van der Waals surface area contributed by atoms with Gasteiger partial charge in [0.05, 0.1) is 6.20 Å². The molecule has 0 unspecified atom stereocenters. The number of anilines is 1. The molecule has 0 aliphatic rings. The minimum atomic E-state index is 0.718. The number of nitrogens with zero attached hydrogens (tertiary/aromatic N) is 2. The fourth-order valence-electron chi connectivity index (χ4n) is 0.946. The fraction of sp³-hybridized carbons (Fsp3) is 0. The molecule has 0 atom stereocenters. The van der Waals surface area contributed by atoms with Gasteiger partial charge in [-0.2, -0.15) is 0 Å². The summed E-state index contributed by atoms with van der Waals surface area (Å²) in [6.07, 6.45) is 1.56. The highest BCUT2D eigenvalue weighted by Gasteiger charge is 1.99. The summed E-state index contributed by atoms with van der Waals surface area (Å²) in [4.78, 5) is 0. The van der Waals surface area contributed by atoms with Crippen LogP contribution in [0, 0.1) is 0 Å². The topological polar surface area (TPSA) is 64.9 Å². The highest BCUT2D eigenvalue weighted by molar-refractivity contribution is 5.60. The van der Waals surface area contributed by atoms with Gasteiger partial charge in [0, 0.05) is 11.3 Å². The van der Waals surface area contributed by atoms with Crippen LogP contribution in [-0.4, -0.2) is 10.3 Å². The molecule has 0 saturated heterocycles. The standard InChI is InChI=1S/C8H7N3O/c9-7-3-1-6(2-4-7)8-5-10-12-11-8/h1-5H,9H2. The van der Waals surface area contributed by atoms with Gasteiger partial charge >= 0.3 is 0 Å². The molecule has 0 amide bonds. The van der Waals surface area contributed by atoms with Gasteiger partial charge in [-0.05, 0) is 17.3 Å². The van der Waals surface area contributed by atoms with E-state index in [4.69, 9.17) is 5.73 Å². The SMILES string of the molecule is Nc1ccc(-c2cnon2)cc1. The minimum Gasteiger partial charge on any atom is -0.399 e. The number of aromatic nitrogens is 2. The van der Waals surface area contributed by atoms with Crippen LogP contribution in [0.1, 0.15) is 0 Å². The third-order valence-electron chi connectivity index (χ3n) is 1.57. The van der Waals surface area contributed by atoms with Crippen molar-refractivity contribution in [2.45, 2.75) is 0 Å². The lowest BCUT2D eigenvalue weighted by atomic mass is 10.1. The van der Waals surface area contributed by atoms with Crippen LogP contribution in [0.2, 0.25) is 0 Å². The maximum Gasteiger partial charge on any atom is 0.135 e. The van der Waals surface area contributed by atoms with Crippen LogP contribution < -0.4 is 5.73 Å². The molecule has 0 bridgehead atoms. The van der Waals surface area contributed by atoms with Crippen LogP contribution >= 0.6 is 0 Å². The van der Waals surface area contributed by atoms with Crippen molar-refractivity contribution in [2.24, 2.45) is 0 Å². The van der Waals surface area contributed by atoms with E-state index in [1.54, 1.807) is 6.20 Å². The summed E-state index contributed by atoms with van der Waals surface area (Å²) in [5, 5.41) is 7.19. The first-order valence-electron chi connectivity index (χ1n) is 3.50. The molecule has 0 saturated carbocycles. The molecule has 0 radical (unpaired) electrons. The van der Waals surface area contributed by atoms with Crippen molar-refractivity contribution in [3.63, 3.8) is 0 Å². The Morgan fingerprint density at radius 1 is 1.17 bits per heavy atom. The van der Waals surface area contributed by atoms with Gasteiger partial charge in [-0.3, -0.25) is 0 Å². The van der Waals surface area contributed by atoms with Gasteiger partial charge in [0.15, 0.2) is 0 Å². The lowest BCUT2D eigenvalue weighted by molar-refractivity contribution is 0.308. The minimum absolute atomic E-state index is 0.718. The predicted molar refractivity (Wildman–Crippen MR) is 44.1 cm³/mol. The normalized spacial score (nSPS) is 10.0. The Hall–Kier alpha value is -1.84. The molecule has 12 heavy (non-hydrogen) atoms. The monoisotopic (exact) mass is 161 g/mol. The number of hydrogen-bond donors (Lipinski definition) is 1. The number of rotatable bonds is 1. The van der Waals surface area contributed by atoms with E-state index in [0.29, 0.717) is 0 Å².